The maximum Gasteiger partial charge on any atom is 0.234 e. The van der Waals surface area contributed by atoms with E-state index in [2.05, 4.69) is 21.2 Å². The van der Waals surface area contributed by atoms with E-state index < -0.39 is 0 Å². The first kappa shape index (κ1) is 18.0. The molecule has 2 aromatic rings. The molecule has 0 bridgehead atoms. The van der Waals surface area contributed by atoms with E-state index >= 15 is 0 Å². The van der Waals surface area contributed by atoms with Crippen molar-refractivity contribution in [2.45, 2.75) is 19.5 Å². The van der Waals surface area contributed by atoms with Crippen molar-refractivity contribution in [2.75, 3.05) is 13.6 Å². The molecule has 1 atom stereocenters. The molecule has 122 valence electrons. The molecule has 0 aliphatic carbocycles. The van der Waals surface area contributed by atoms with Gasteiger partial charge >= 0.3 is 0 Å². The SMILES string of the molecule is C[C@@H](NC(=O)CN(C)Cc1ccc(Cl)cc1)c1ccc(Br)cc1. The number of nitrogens with zero attached hydrogens (tertiary/aromatic N) is 1. The van der Waals surface area contributed by atoms with Gasteiger partial charge in [-0.2, -0.15) is 0 Å². The number of carbonyl (C=O) groups excluding carboxylic acids is 1. The summed E-state index contributed by atoms with van der Waals surface area (Å²) in [5.74, 6) is 0.0110. The highest BCUT2D eigenvalue weighted by atomic mass is 79.9. The summed E-state index contributed by atoms with van der Waals surface area (Å²) in [6, 6.07) is 15.6. The number of benzene rings is 2. The minimum Gasteiger partial charge on any atom is -0.348 e. The molecule has 0 saturated carbocycles. The Bertz CT molecular complexity index is 643. The van der Waals surface area contributed by atoms with Crippen LogP contribution in [0.15, 0.2) is 53.0 Å². The molecule has 5 heteroatoms. The summed E-state index contributed by atoms with van der Waals surface area (Å²) in [7, 11) is 1.93. The van der Waals surface area contributed by atoms with E-state index in [0.717, 1.165) is 20.6 Å². The summed E-state index contributed by atoms with van der Waals surface area (Å²) >= 11 is 9.29. The van der Waals surface area contributed by atoms with Crippen LogP contribution >= 0.6 is 27.5 Å². The molecular formula is C18H20BrClN2O. The van der Waals surface area contributed by atoms with E-state index in [1.165, 1.54) is 0 Å². The Morgan fingerprint density at radius 1 is 1.17 bits per heavy atom. The van der Waals surface area contributed by atoms with Gasteiger partial charge in [0.25, 0.3) is 0 Å². The number of hydrogen-bond donors (Lipinski definition) is 1. The van der Waals surface area contributed by atoms with Gasteiger partial charge < -0.3 is 5.32 Å². The molecule has 1 amide bonds. The molecule has 2 aromatic carbocycles. The van der Waals surface area contributed by atoms with Crippen molar-refractivity contribution in [2.24, 2.45) is 0 Å². The molecule has 0 aromatic heterocycles. The van der Waals surface area contributed by atoms with Gasteiger partial charge in [-0.15, -0.1) is 0 Å². The highest BCUT2D eigenvalue weighted by Crippen LogP contribution is 2.16. The molecule has 23 heavy (non-hydrogen) atoms. The van der Waals surface area contributed by atoms with Crippen LogP contribution < -0.4 is 5.32 Å². The van der Waals surface area contributed by atoms with E-state index in [-0.39, 0.29) is 11.9 Å². The van der Waals surface area contributed by atoms with Crippen LogP contribution in [0.25, 0.3) is 0 Å². The van der Waals surface area contributed by atoms with E-state index in [1.54, 1.807) is 0 Å². The standard InChI is InChI=1S/C18H20BrClN2O/c1-13(15-5-7-16(19)8-6-15)21-18(23)12-22(2)11-14-3-9-17(20)10-4-14/h3-10,13H,11-12H2,1-2H3,(H,21,23)/t13-/m1/s1. The van der Waals surface area contributed by atoms with Crippen LogP contribution in [0.2, 0.25) is 5.02 Å². The predicted octanol–water partition coefficient (Wildman–Crippen LogP) is 4.41. The number of rotatable bonds is 6. The fourth-order valence-corrected chi connectivity index (χ4v) is 2.71. The lowest BCUT2D eigenvalue weighted by Gasteiger charge is -2.19. The Labute approximate surface area is 150 Å². The third-order valence-electron chi connectivity index (χ3n) is 3.53. The Morgan fingerprint density at radius 2 is 1.78 bits per heavy atom. The summed E-state index contributed by atoms with van der Waals surface area (Å²) in [6.45, 7) is 3.04. The lowest BCUT2D eigenvalue weighted by molar-refractivity contribution is -0.122. The van der Waals surface area contributed by atoms with Gasteiger partial charge in [0.1, 0.15) is 0 Å². The third-order valence-corrected chi connectivity index (χ3v) is 4.31. The largest absolute Gasteiger partial charge is 0.348 e. The predicted molar refractivity (Wildman–Crippen MR) is 98.5 cm³/mol. The van der Waals surface area contributed by atoms with Crippen LogP contribution in [0.4, 0.5) is 0 Å². The normalized spacial score (nSPS) is 12.2. The van der Waals surface area contributed by atoms with Gasteiger partial charge in [0.2, 0.25) is 5.91 Å². The molecule has 0 unspecified atom stereocenters. The van der Waals surface area contributed by atoms with Crippen LogP contribution in [0.3, 0.4) is 0 Å². The molecule has 0 aliphatic heterocycles. The molecular weight excluding hydrogens is 376 g/mol. The van der Waals surface area contributed by atoms with Crippen LogP contribution in [0, 0.1) is 0 Å². The maximum atomic E-state index is 12.2. The zero-order valence-electron chi connectivity index (χ0n) is 13.2. The maximum absolute atomic E-state index is 12.2. The molecule has 0 spiro atoms. The van der Waals surface area contributed by atoms with Crippen molar-refractivity contribution in [3.63, 3.8) is 0 Å². The third kappa shape index (κ3) is 5.98. The van der Waals surface area contributed by atoms with Gasteiger partial charge in [0.15, 0.2) is 0 Å². The van der Waals surface area contributed by atoms with Crippen molar-refractivity contribution < 1.29 is 4.79 Å². The van der Waals surface area contributed by atoms with E-state index in [4.69, 9.17) is 11.6 Å². The highest BCUT2D eigenvalue weighted by Gasteiger charge is 2.12. The second-order valence-electron chi connectivity index (χ2n) is 5.64. The molecule has 0 saturated heterocycles. The lowest BCUT2D eigenvalue weighted by atomic mass is 10.1. The minimum atomic E-state index is -0.0143. The topological polar surface area (TPSA) is 32.3 Å². The first-order chi connectivity index (χ1) is 10.9. The highest BCUT2D eigenvalue weighted by molar-refractivity contribution is 9.10. The van der Waals surface area contributed by atoms with Crippen molar-refractivity contribution >= 4 is 33.4 Å². The van der Waals surface area contributed by atoms with Gasteiger partial charge in [-0.3, -0.25) is 9.69 Å². The molecule has 1 N–H and O–H groups in total. The van der Waals surface area contributed by atoms with Crippen LogP contribution in [0.1, 0.15) is 24.1 Å². The Kier molecular flexibility index (Phi) is 6.63. The first-order valence-corrected chi connectivity index (χ1v) is 8.59. The Morgan fingerprint density at radius 3 is 2.39 bits per heavy atom. The number of carbonyl (C=O) groups is 1. The smallest absolute Gasteiger partial charge is 0.234 e. The molecule has 2 rings (SSSR count). The number of hydrogen-bond acceptors (Lipinski definition) is 2. The summed E-state index contributed by atoms with van der Waals surface area (Å²) in [5, 5.41) is 3.74. The summed E-state index contributed by atoms with van der Waals surface area (Å²) in [6.07, 6.45) is 0. The van der Waals surface area contributed by atoms with Gasteiger partial charge in [0, 0.05) is 16.0 Å². The number of nitrogens with one attached hydrogen (secondary N) is 1. The molecule has 0 aliphatic rings. The zero-order chi connectivity index (χ0) is 16.8. The molecule has 0 fully saturated rings. The lowest BCUT2D eigenvalue weighted by Crippen LogP contribution is -2.36. The number of amides is 1. The van der Waals surface area contributed by atoms with E-state index in [1.807, 2.05) is 67.4 Å². The zero-order valence-corrected chi connectivity index (χ0v) is 15.6. The van der Waals surface area contributed by atoms with Crippen LogP contribution in [0.5, 0.6) is 0 Å². The van der Waals surface area contributed by atoms with Crippen molar-refractivity contribution in [1.82, 2.24) is 10.2 Å². The summed E-state index contributed by atoms with van der Waals surface area (Å²) in [5.41, 5.74) is 2.22. The monoisotopic (exact) mass is 394 g/mol. The van der Waals surface area contributed by atoms with Gasteiger partial charge in [-0.1, -0.05) is 51.8 Å². The van der Waals surface area contributed by atoms with Crippen LogP contribution in [-0.4, -0.2) is 24.4 Å². The Balaban J connectivity index is 1.83. The van der Waals surface area contributed by atoms with E-state index in [9.17, 15) is 4.79 Å². The average molecular weight is 396 g/mol. The van der Waals surface area contributed by atoms with Gasteiger partial charge in [-0.05, 0) is 49.4 Å². The average Bonchev–Trinajstić information content (AvgIpc) is 2.50. The van der Waals surface area contributed by atoms with Gasteiger partial charge in [-0.25, -0.2) is 0 Å². The molecule has 3 nitrogen and oxygen atoms in total. The second kappa shape index (κ2) is 8.48. The first-order valence-electron chi connectivity index (χ1n) is 7.42. The van der Waals surface area contributed by atoms with Gasteiger partial charge in [0.05, 0.1) is 12.6 Å². The summed E-state index contributed by atoms with van der Waals surface area (Å²) < 4.78 is 1.03. The Hall–Kier alpha value is -1.36. The minimum absolute atomic E-state index is 0.0110. The van der Waals surface area contributed by atoms with Crippen molar-refractivity contribution in [3.8, 4) is 0 Å². The number of likely N-dealkylation sites (N-methyl/N-ethyl adjacent to an activating group) is 1. The summed E-state index contributed by atoms with van der Waals surface area (Å²) in [4.78, 5) is 14.1. The quantitative estimate of drug-likeness (QED) is 0.785. The second-order valence-corrected chi connectivity index (χ2v) is 6.99. The molecule has 0 radical (unpaired) electrons. The fraction of sp³-hybridized carbons (Fsp3) is 0.278. The number of halogens is 2. The van der Waals surface area contributed by atoms with Crippen LogP contribution in [-0.2, 0) is 11.3 Å². The molecule has 0 heterocycles. The van der Waals surface area contributed by atoms with Crippen molar-refractivity contribution in [3.05, 3.63) is 69.2 Å². The fourth-order valence-electron chi connectivity index (χ4n) is 2.32. The van der Waals surface area contributed by atoms with Crippen molar-refractivity contribution in [1.29, 1.82) is 0 Å². The van der Waals surface area contributed by atoms with E-state index in [0.29, 0.717) is 13.1 Å².